The van der Waals surface area contributed by atoms with Crippen molar-refractivity contribution in [3.8, 4) is 0 Å². The SMILES string of the molecule is CN1CCN(CC(O)NCc2cn(C)nn2)CC1. The number of aryl methyl sites for hydroxylation is 1. The van der Waals surface area contributed by atoms with Gasteiger partial charge in [-0.1, -0.05) is 5.21 Å². The minimum Gasteiger partial charge on any atom is -0.377 e. The summed E-state index contributed by atoms with van der Waals surface area (Å²) < 4.78 is 1.66. The Morgan fingerprint density at radius 1 is 1.33 bits per heavy atom. The Kier molecular flexibility index (Phi) is 4.65. The summed E-state index contributed by atoms with van der Waals surface area (Å²) in [6, 6.07) is 0. The molecule has 1 aliphatic heterocycles. The second-order valence-corrected chi connectivity index (χ2v) is 4.88. The summed E-state index contributed by atoms with van der Waals surface area (Å²) in [5.41, 5.74) is 0.843. The smallest absolute Gasteiger partial charge is 0.118 e. The highest BCUT2D eigenvalue weighted by molar-refractivity contribution is 4.91. The maximum absolute atomic E-state index is 9.91. The van der Waals surface area contributed by atoms with E-state index in [1.807, 2.05) is 13.2 Å². The van der Waals surface area contributed by atoms with Crippen molar-refractivity contribution in [2.24, 2.45) is 7.05 Å². The van der Waals surface area contributed by atoms with Gasteiger partial charge in [-0.05, 0) is 7.05 Å². The lowest BCUT2D eigenvalue weighted by Crippen LogP contribution is -2.49. The van der Waals surface area contributed by atoms with E-state index in [1.165, 1.54) is 0 Å². The molecule has 0 bridgehead atoms. The van der Waals surface area contributed by atoms with Gasteiger partial charge in [0.2, 0.25) is 0 Å². The first-order chi connectivity index (χ1) is 8.63. The van der Waals surface area contributed by atoms with Gasteiger partial charge < -0.3 is 10.0 Å². The van der Waals surface area contributed by atoms with E-state index in [0.29, 0.717) is 13.1 Å². The molecule has 1 aromatic heterocycles. The van der Waals surface area contributed by atoms with Gasteiger partial charge in [0.1, 0.15) is 6.23 Å². The molecule has 1 aromatic rings. The lowest BCUT2D eigenvalue weighted by molar-refractivity contribution is 0.0600. The Morgan fingerprint density at radius 3 is 2.67 bits per heavy atom. The molecule has 1 fully saturated rings. The van der Waals surface area contributed by atoms with E-state index in [9.17, 15) is 5.11 Å². The van der Waals surface area contributed by atoms with Gasteiger partial charge >= 0.3 is 0 Å². The number of aromatic nitrogens is 3. The van der Waals surface area contributed by atoms with Crippen molar-refractivity contribution >= 4 is 0 Å². The molecule has 2 N–H and O–H groups in total. The monoisotopic (exact) mass is 254 g/mol. The lowest BCUT2D eigenvalue weighted by atomic mass is 10.3. The fourth-order valence-corrected chi connectivity index (χ4v) is 2.04. The third-order valence-electron chi connectivity index (χ3n) is 3.20. The van der Waals surface area contributed by atoms with E-state index in [0.717, 1.165) is 31.9 Å². The molecule has 1 aliphatic rings. The molecule has 1 unspecified atom stereocenters. The number of hydrogen-bond donors (Lipinski definition) is 2. The number of hydrogen-bond acceptors (Lipinski definition) is 6. The Bertz CT molecular complexity index is 360. The van der Waals surface area contributed by atoms with Gasteiger partial charge in [0.15, 0.2) is 0 Å². The molecule has 0 spiro atoms. The number of piperazine rings is 1. The molecule has 1 atom stereocenters. The standard InChI is InChI=1S/C11H22N6O/c1-15-3-5-17(6-4-15)9-11(18)12-7-10-8-16(2)14-13-10/h8,11-12,18H,3-7,9H2,1-2H3. The third-order valence-corrected chi connectivity index (χ3v) is 3.20. The van der Waals surface area contributed by atoms with Crippen molar-refractivity contribution in [2.45, 2.75) is 12.8 Å². The van der Waals surface area contributed by atoms with Crippen molar-refractivity contribution in [2.75, 3.05) is 39.8 Å². The van der Waals surface area contributed by atoms with Crippen LogP contribution in [0.4, 0.5) is 0 Å². The maximum Gasteiger partial charge on any atom is 0.118 e. The van der Waals surface area contributed by atoms with E-state index in [1.54, 1.807) is 4.68 Å². The molecule has 0 aromatic carbocycles. The number of aliphatic hydroxyl groups is 1. The second kappa shape index (κ2) is 6.24. The van der Waals surface area contributed by atoms with Crippen LogP contribution < -0.4 is 5.32 Å². The molecular weight excluding hydrogens is 232 g/mol. The third kappa shape index (κ3) is 4.02. The van der Waals surface area contributed by atoms with E-state index < -0.39 is 6.23 Å². The Balaban J connectivity index is 1.67. The summed E-state index contributed by atoms with van der Waals surface area (Å²) in [5, 5.41) is 20.8. The second-order valence-electron chi connectivity index (χ2n) is 4.88. The fourth-order valence-electron chi connectivity index (χ4n) is 2.04. The van der Waals surface area contributed by atoms with Gasteiger partial charge in [-0.2, -0.15) is 0 Å². The minimum atomic E-state index is -0.518. The van der Waals surface area contributed by atoms with E-state index in [2.05, 4.69) is 32.5 Å². The summed E-state index contributed by atoms with van der Waals surface area (Å²) in [6.45, 7) is 5.37. The average molecular weight is 254 g/mol. The van der Waals surface area contributed by atoms with Crippen molar-refractivity contribution in [3.05, 3.63) is 11.9 Å². The predicted octanol–water partition coefficient (Wildman–Crippen LogP) is -1.53. The van der Waals surface area contributed by atoms with Crippen molar-refractivity contribution in [1.29, 1.82) is 0 Å². The van der Waals surface area contributed by atoms with Crippen LogP contribution in [-0.4, -0.2) is 75.9 Å². The molecule has 7 heteroatoms. The highest BCUT2D eigenvalue weighted by atomic mass is 16.3. The lowest BCUT2D eigenvalue weighted by Gasteiger charge is -2.33. The van der Waals surface area contributed by atoms with E-state index >= 15 is 0 Å². The first kappa shape index (κ1) is 13.4. The molecule has 102 valence electrons. The first-order valence-electron chi connectivity index (χ1n) is 6.31. The summed E-state index contributed by atoms with van der Waals surface area (Å²) in [4.78, 5) is 4.57. The largest absolute Gasteiger partial charge is 0.377 e. The van der Waals surface area contributed by atoms with Crippen LogP contribution in [0, 0.1) is 0 Å². The van der Waals surface area contributed by atoms with E-state index in [4.69, 9.17) is 0 Å². The predicted molar refractivity (Wildman–Crippen MR) is 67.8 cm³/mol. The quantitative estimate of drug-likeness (QED) is 0.621. The van der Waals surface area contributed by atoms with Crippen LogP contribution >= 0.6 is 0 Å². The Morgan fingerprint density at radius 2 is 2.06 bits per heavy atom. The average Bonchev–Trinajstić information content (AvgIpc) is 2.76. The first-order valence-corrected chi connectivity index (χ1v) is 6.31. The Hall–Kier alpha value is -1.02. The van der Waals surface area contributed by atoms with Crippen LogP contribution in [0.15, 0.2) is 6.20 Å². The molecule has 18 heavy (non-hydrogen) atoms. The minimum absolute atomic E-state index is 0.518. The molecule has 0 radical (unpaired) electrons. The maximum atomic E-state index is 9.91. The molecule has 2 heterocycles. The zero-order valence-corrected chi connectivity index (χ0v) is 11.1. The van der Waals surface area contributed by atoms with Gasteiger partial charge in [0.25, 0.3) is 0 Å². The van der Waals surface area contributed by atoms with E-state index in [-0.39, 0.29) is 0 Å². The van der Waals surface area contributed by atoms with Crippen LogP contribution in [0.2, 0.25) is 0 Å². The Labute approximate surface area is 107 Å². The molecule has 0 amide bonds. The van der Waals surface area contributed by atoms with Gasteiger partial charge in [-0.15, -0.1) is 5.10 Å². The molecule has 1 saturated heterocycles. The van der Waals surface area contributed by atoms with Crippen LogP contribution in [0.1, 0.15) is 5.69 Å². The highest BCUT2D eigenvalue weighted by Gasteiger charge is 2.16. The summed E-state index contributed by atoms with van der Waals surface area (Å²) in [7, 11) is 3.96. The molecule has 0 saturated carbocycles. The van der Waals surface area contributed by atoms with Gasteiger partial charge in [-0.25, -0.2) is 0 Å². The van der Waals surface area contributed by atoms with Crippen LogP contribution in [0.25, 0.3) is 0 Å². The topological polar surface area (TPSA) is 69.5 Å². The number of β-amino-alcohol motifs (C(OH)–C–C–N with tert-alkyl or cyclic N) is 1. The van der Waals surface area contributed by atoms with Crippen LogP contribution in [-0.2, 0) is 13.6 Å². The zero-order chi connectivity index (χ0) is 13.0. The van der Waals surface area contributed by atoms with Gasteiger partial charge in [-0.3, -0.25) is 14.9 Å². The van der Waals surface area contributed by atoms with Crippen LogP contribution in [0.5, 0.6) is 0 Å². The molecule has 2 rings (SSSR count). The summed E-state index contributed by atoms with van der Waals surface area (Å²) in [5.74, 6) is 0. The fraction of sp³-hybridized carbons (Fsp3) is 0.818. The summed E-state index contributed by atoms with van der Waals surface area (Å²) >= 11 is 0. The van der Waals surface area contributed by atoms with Crippen molar-refractivity contribution in [3.63, 3.8) is 0 Å². The molecular formula is C11H22N6O. The zero-order valence-electron chi connectivity index (χ0n) is 11.1. The summed E-state index contributed by atoms with van der Waals surface area (Å²) in [6.07, 6.45) is 1.32. The number of nitrogens with zero attached hydrogens (tertiary/aromatic N) is 5. The number of nitrogens with one attached hydrogen (secondary N) is 1. The molecule has 7 nitrogen and oxygen atoms in total. The highest BCUT2D eigenvalue weighted by Crippen LogP contribution is 2.00. The van der Waals surface area contributed by atoms with Crippen molar-refractivity contribution in [1.82, 2.24) is 30.1 Å². The van der Waals surface area contributed by atoms with Crippen LogP contribution in [0.3, 0.4) is 0 Å². The number of rotatable bonds is 5. The molecule has 0 aliphatic carbocycles. The number of likely N-dealkylation sites (N-methyl/N-ethyl adjacent to an activating group) is 1. The van der Waals surface area contributed by atoms with Crippen molar-refractivity contribution < 1.29 is 5.11 Å². The normalized spacial score (nSPS) is 20.2. The van der Waals surface area contributed by atoms with Gasteiger partial charge in [0.05, 0.1) is 5.69 Å². The van der Waals surface area contributed by atoms with Gasteiger partial charge in [0, 0.05) is 52.5 Å². The number of aliphatic hydroxyl groups excluding tert-OH is 1.